The SMILES string of the molecule is CCCCNC(=O)[C@H](CC)N(Cc1ccc(C)cc1)C(=O)Cc1ccc(OC)cc1. The molecule has 162 valence electrons. The molecule has 1 atom stereocenters. The second-order valence-corrected chi connectivity index (χ2v) is 7.60. The van der Waals surface area contributed by atoms with E-state index in [2.05, 4.69) is 12.2 Å². The van der Waals surface area contributed by atoms with Crippen LogP contribution in [0.2, 0.25) is 0 Å². The fraction of sp³-hybridized carbons (Fsp3) is 0.440. The summed E-state index contributed by atoms with van der Waals surface area (Å²) in [6.07, 6.45) is 2.76. The molecule has 0 aromatic heterocycles. The van der Waals surface area contributed by atoms with E-state index in [-0.39, 0.29) is 18.2 Å². The molecular weight excluding hydrogens is 376 g/mol. The van der Waals surface area contributed by atoms with Gasteiger partial charge in [0.05, 0.1) is 13.5 Å². The van der Waals surface area contributed by atoms with Gasteiger partial charge in [0.15, 0.2) is 0 Å². The number of carbonyl (C=O) groups is 2. The summed E-state index contributed by atoms with van der Waals surface area (Å²) in [6.45, 7) is 7.12. The van der Waals surface area contributed by atoms with Gasteiger partial charge in [-0.15, -0.1) is 0 Å². The van der Waals surface area contributed by atoms with Gasteiger partial charge in [-0.05, 0) is 43.0 Å². The lowest BCUT2D eigenvalue weighted by Gasteiger charge is -2.31. The fourth-order valence-electron chi connectivity index (χ4n) is 3.34. The molecule has 5 nitrogen and oxygen atoms in total. The number of carbonyl (C=O) groups excluding carboxylic acids is 2. The third kappa shape index (κ3) is 6.90. The Morgan fingerprint density at radius 3 is 2.20 bits per heavy atom. The summed E-state index contributed by atoms with van der Waals surface area (Å²) in [5.41, 5.74) is 3.08. The average Bonchev–Trinajstić information content (AvgIpc) is 2.75. The predicted octanol–water partition coefficient (Wildman–Crippen LogP) is 4.27. The van der Waals surface area contributed by atoms with Gasteiger partial charge in [0.1, 0.15) is 11.8 Å². The summed E-state index contributed by atoms with van der Waals surface area (Å²) >= 11 is 0. The molecule has 0 bridgehead atoms. The number of nitrogens with one attached hydrogen (secondary N) is 1. The van der Waals surface area contributed by atoms with Gasteiger partial charge < -0.3 is 15.0 Å². The highest BCUT2D eigenvalue weighted by Gasteiger charge is 2.28. The minimum atomic E-state index is -0.492. The highest BCUT2D eigenvalue weighted by atomic mass is 16.5. The van der Waals surface area contributed by atoms with E-state index in [1.54, 1.807) is 12.0 Å². The Morgan fingerprint density at radius 2 is 1.63 bits per heavy atom. The summed E-state index contributed by atoms with van der Waals surface area (Å²) < 4.78 is 5.20. The predicted molar refractivity (Wildman–Crippen MR) is 120 cm³/mol. The zero-order valence-electron chi connectivity index (χ0n) is 18.6. The second kappa shape index (κ2) is 12.0. The fourth-order valence-corrected chi connectivity index (χ4v) is 3.34. The van der Waals surface area contributed by atoms with Crippen LogP contribution in [-0.4, -0.2) is 36.4 Å². The van der Waals surface area contributed by atoms with Gasteiger partial charge in [0, 0.05) is 13.1 Å². The number of amides is 2. The van der Waals surface area contributed by atoms with E-state index < -0.39 is 6.04 Å². The Bertz CT molecular complexity index is 800. The number of nitrogens with zero attached hydrogens (tertiary/aromatic N) is 1. The van der Waals surface area contributed by atoms with Crippen LogP contribution in [0.25, 0.3) is 0 Å². The van der Waals surface area contributed by atoms with Crippen molar-refractivity contribution in [3.05, 3.63) is 65.2 Å². The maximum Gasteiger partial charge on any atom is 0.242 e. The first kappa shape index (κ1) is 23.5. The van der Waals surface area contributed by atoms with Crippen molar-refractivity contribution in [3.8, 4) is 5.75 Å². The van der Waals surface area contributed by atoms with Crippen LogP contribution in [0.5, 0.6) is 5.75 Å². The summed E-state index contributed by atoms with van der Waals surface area (Å²) in [5, 5.41) is 2.99. The van der Waals surface area contributed by atoms with Crippen molar-refractivity contribution in [2.75, 3.05) is 13.7 Å². The molecule has 5 heteroatoms. The Kier molecular flexibility index (Phi) is 9.39. The van der Waals surface area contributed by atoms with E-state index >= 15 is 0 Å². The van der Waals surface area contributed by atoms with Crippen LogP contribution in [0.3, 0.4) is 0 Å². The number of methoxy groups -OCH3 is 1. The van der Waals surface area contributed by atoms with Gasteiger partial charge in [0.2, 0.25) is 11.8 Å². The number of aryl methyl sites for hydroxylation is 1. The van der Waals surface area contributed by atoms with Gasteiger partial charge in [0.25, 0.3) is 0 Å². The lowest BCUT2D eigenvalue weighted by atomic mass is 10.1. The molecule has 0 spiro atoms. The maximum atomic E-state index is 13.3. The first-order chi connectivity index (χ1) is 14.5. The van der Waals surface area contributed by atoms with Crippen molar-refractivity contribution in [2.24, 2.45) is 0 Å². The van der Waals surface area contributed by atoms with E-state index in [0.717, 1.165) is 29.7 Å². The zero-order chi connectivity index (χ0) is 21.9. The Balaban J connectivity index is 2.21. The van der Waals surface area contributed by atoms with Crippen molar-refractivity contribution in [1.82, 2.24) is 10.2 Å². The molecule has 0 saturated carbocycles. The maximum absolute atomic E-state index is 13.3. The summed E-state index contributed by atoms with van der Waals surface area (Å²) in [6, 6.07) is 15.1. The molecule has 0 aliphatic heterocycles. The second-order valence-electron chi connectivity index (χ2n) is 7.60. The topological polar surface area (TPSA) is 58.6 Å². The van der Waals surface area contributed by atoms with E-state index in [9.17, 15) is 9.59 Å². The van der Waals surface area contributed by atoms with Gasteiger partial charge in [-0.25, -0.2) is 0 Å². The largest absolute Gasteiger partial charge is 0.497 e. The van der Waals surface area contributed by atoms with Crippen LogP contribution in [0, 0.1) is 6.92 Å². The van der Waals surface area contributed by atoms with Gasteiger partial charge in [-0.1, -0.05) is 62.2 Å². The third-order valence-corrected chi connectivity index (χ3v) is 5.20. The van der Waals surface area contributed by atoms with Crippen LogP contribution in [0.15, 0.2) is 48.5 Å². The van der Waals surface area contributed by atoms with Crippen molar-refractivity contribution in [3.63, 3.8) is 0 Å². The summed E-state index contributed by atoms with van der Waals surface area (Å²) in [5.74, 6) is 0.615. The molecule has 0 saturated heterocycles. The van der Waals surface area contributed by atoms with Crippen LogP contribution in [-0.2, 0) is 22.6 Å². The van der Waals surface area contributed by atoms with E-state index in [1.807, 2.05) is 62.4 Å². The highest BCUT2D eigenvalue weighted by Crippen LogP contribution is 2.17. The normalized spacial score (nSPS) is 11.6. The van der Waals surface area contributed by atoms with Crippen LogP contribution in [0.4, 0.5) is 0 Å². The number of benzene rings is 2. The Morgan fingerprint density at radius 1 is 1.00 bits per heavy atom. The smallest absolute Gasteiger partial charge is 0.242 e. The zero-order valence-corrected chi connectivity index (χ0v) is 18.6. The monoisotopic (exact) mass is 410 g/mol. The van der Waals surface area contributed by atoms with E-state index in [4.69, 9.17) is 4.74 Å². The van der Waals surface area contributed by atoms with Crippen molar-refractivity contribution in [1.29, 1.82) is 0 Å². The minimum absolute atomic E-state index is 0.0572. The van der Waals surface area contributed by atoms with E-state index in [0.29, 0.717) is 19.5 Å². The molecule has 0 radical (unpaired) electrons. The van der Waals surface area contributed by atoms with Crippen molar-refractivity contribution < 1.29 is 14.3 Å². The lowest BCUT2D eigenvalue weighted by Crippen LogP contribution is -2.49. The molecule has 2 aromatic carbocycles. The molecule has 0 aliphatic carbocycles. The Hall–Kier alpha value is -2.82. The Labute approximate surface area is 180 Å². The van der Waals surface area contributed by atoms with Crippen LogP contribution >= 0.6 is 0 Å². The molecule has 0 heterocycles. The standard InChI is InChI=1S/C25H34N2O3/c1-5-7-16-26-25(29)23(6-2)27(18-21-10-8-19(3)9-11-21)24(28)17-20-12-14-22(30-4)15-13-20/h8-15,23H,5-7,16-18H2,1-4H3,(H,26,29)/t23-/m0/s1. The molecule has 0 aliphatic rings. The number of ether oxygens (including phenoxy) is 1. The van der Waals surface area contributed by atoms with Crippen molar-refractivity contribution >= 4 is 11.8 Å². The number of hydrogen-bond donors (Lipinski definition) is 1. The number of unbranched alkanes of at least 4 members (excludes halogenated alkanes) is 1. The molecule has 2 rings (SSSR count). The average molecular weight is 411 g/mol. The molecule has 2 aromatic rings. The van der Waals surface area contributed by atoms with Crippen LogP contribution in [0.1, 0.15) is 49.8 Å². The molecule has 1 N–H and O–H groups in total. The number of hydrogen-bond acceptors (Lipinski definition) is 3. The highest BCUT2D eigenvalue weighted by molar-refractivity contribution is 5.88. The van der Waals surface area contributed by atoms with Crippen LogP contribution < -0.4 is 10.1 Å². The quantitative estimate of drug-likeness (QED) is 0.563. The third-order valence-electron chi connectivity index (χ3n) is 5.20. The van der Waals surface area contributed by atoms with Crippen molar-refractivity contribution in [2.45, 2.75) is 59.0 Å². The summed E-state index contributed by atoms with van der Waals surface area (Å²) in [4.78, 5) is 27.9. The molecule has 0 unspecified atom stereocenters. The first-order valence-electron chi connectivity index (χ1n) is 10.7. The number of rotatable bonds is 11. The molecular formula is C25H34N2O3. The van der Waals surface area contributed by atoms with Gasteiger partial charge in [-0.3, -0.25) is 9.59 Å². The minimum Gasteiger partial charge on any atom is -0.497 e. The first-order valence-corrected chi connectivity index (χ1v) is 10.7. The van der Waals surface area contributed by atoms with E-state index in [1.165, 1.54) is 5.56 Å². The van der Waals surface area contributed by atoms with Gasteiger partial charge >= 0.3 is 0 Å². The lowest BCUT2D eigenvalue weighted by molar-refractivity contribution is -0.140. The molecule has 0 fully saturated rings. The summed E-state index contributed by atoms with van der Waals surface area (Å²) in [7, 11) is 1.62. The van der Waals surface area contributed by atoms with Gasteiger partial charge in [-0.2, -0.15) is 0 Å². The molecule has 2 amide bonds. The molecule has 30 heavy (non-hydrogen) atoms.